The van der Waals surface area contributed by atoms with Crippen LogP contribution in [0, 0.1) is 0 Å². The molecule has 0 fully saturated rings. The van der Waals surface area contributed by atoms with Crippen LogP contribution in [-0.4, -0.2) is 36.2 Å². The van der Waals surface area contributed by atoms with Crippen molar-refractivity contribution >= 4 is 0 Å². The average molecular weight is 299 g/mol. The Hall–Kier alpha value is -1.14. The van der Waals surface area contributed by atoms with Gasteiger partial charge in [0.2, 0.25) is 0 Å². The van der Waals surface area contributed by atoms with Gasteiger partial charge in [0.25, 0.3) is 6.43 Å². The van der Waals surface area contributed by atoms with E-state index in [1.54, 1.807) is 0 Å². The van der Waals surface area contributed by atoms with Gasteiger partial charge in [0.05, 0.1) is 6.61 Å². The molecule has 1 N–H and O–H groups in total. The van der Waals surface area contributed by atoms with E-state index >= 15 is 0 Å². The van der Waals surface area contributed by atoms with Gasteiger partial charge in [0, 0.05) is 29.9 Å². The summed E-state index contributed by atoms with van der Waals surface area (Å²) in [5.74, 6) is 0.681. The minimum Gasteiger partial charge on any atom is -0.375 e. The van der Waals surface area contributed by atoms with Gasteiger partial charge < -0.3 is 10.1 Å². The van der Waals surface area contributed by atoms with E-state index in [0.717, 1.165) is 31.5 Å². The summed E-state index contributed by atoms with van der Waals surface area (Å²) >= 11 is 0. The fourth-order valence-corrected chi connectivity index (χ4v) is 2.67. The summed E-state index contributed by atoms with van der Waals surface area (Å²) in [6.45, 7) is 2.74. The molecule has 6 heteroatoms. The van der Waals surface area contributed by atoms with E-state index in [2.05, 4.69) is 22.2 Å². The minimum absolute atomic E-state index is 0.236. The molecule has 1 heterocycles. The number of ether oxygens (including phenoxy) is 1. The third-order valence-corrected chi connectivity index (χ3v) is 3.65. The molecule has 1 unspecified atom stereocenters. The Kier molecular flexibility index (Phi) is 6.45. The highest BCUT2D eigenvalue weighted by atomic mass is 19.3. The van der Waals surface area contributed by atoms with Crippen molar-refractivity contribution in [1.82, 2.24) is 15.3 Å². The summed E-state index contributed by atoms with van der Waals surface area (Å²) in [6, 6.07) is 0.330. The zero-order valence-electron chi connectivity index (χ0n) is 12.4. The Morgan fingerprint density at radius 1 is 1.43 bits per heavy atom. The number of halogens is 2. The first kappa shape index (κ1) is 16.2. The molecular weight excluding hydrogens is 276 g/mol. The zero-order valence-corrected chi connectivity index (χ0v) is 12.4. The molecule has 1 aromatic rings. The van der Waals surface area contributed by atoms with E-state index in [1.807, 2.05) is 6.20 Å². The van der Waals surface area contributed by atoms with Gasteiger partial charge in [-0.2, -0.15) is 0 Å². The first-order chi connectivity index (χ1) is 10.2. The van der Waals surface area contributed by atoms with Crippen molar-refractivity contribution in [1.29, 1.82) is 0 Å². The molecule has 0 radical (unpaired) electrons. The van der Waals surface area contributed by atoms with Crippen LogP contribution in [0.3, 0.4) is 0 Å². The number of alkyl halides is 2. The maximum atomic E-state index is 12.0. The summed E-state index contributed by atoms with van der Waals surface area (Å²) in [4.78, 5) is 8.97. The average Bonchev–Trinajstić information content (AvgIpc) is 2.66. The van der Waals surface area contributed by atoms with Gasteiger partial charge in [-0.05, 0) is 25.8 Å². The first-order valence-corrected chi connectivity index (χ1v) is 7.64. The Bertz CT molecular complexity index is 443. The van der Waals surface area contributed by atoms with Gasteiger partial charge in [0.1, 0.15) is 12.4 Å². The largest absolute Gasteiger partial charge is 0.375 e. The Balaban J connectivity index is 1.98. The monoisotopic (exact) mass is 299 g/mol. The van der Waals surface area contributed by atoms with Gasteiger partial charge in [-0.1, -0.05) is 13.3 Å². The Morgan fingerprint density at radius 3 is 3.05 bits per heavy atom. The summed E-state index contributed by atoms with van der Waals surface area (Å²) in [5, 5.41) is 3.48. The maximum Gasteiger partial charge on any atom is 0.261 e. The fourth-order valence-electron chi connectivity index (χ4n) is 2.67. The number of aryl methyl sites for hydroxylation is 1. The first-order valence-electron chi connectivity index (χ1n) is 7.64. The summed E-state index contributed by atoms with van der Waals surface area (Å²) < 4.78 is 28.9. The highest BCUT2D eigenvalue weighted by molar-refractivity contribution is 5.23. The molecule has 0 aromatic carbocycles. The van der Waals surface area contributed by atoms with Crippen LogP contribution < -0.4 is 5.32 Å². The van der Waals surface area contributed by atoms with Crippen LogP contribution in [0.15, 0.2) is 6.20 Å². The number of nitrogens with zero attached hydrogens (tertiary/aromatic N) is 2. The molecule has 4 nitrogen and oxygen atoms in total. The summed E-state index contributed by atoms with van der Waals surface area (Å²) in [6.07, 6.45) is 4.34. The van der Waals surface area contributed by atoms with E-state index in [4.69, 9.17) is 4.74 Å². The number of aromatic nitrogens is 2. The van der Waals surface area contributed by atoms with Gasteiger partial charge >= 0.3 is 0 Å². The van der Waals surface area contributed by atoms with E-state index in [9.17, 15) is 8.78 Å². The number of fused-ring (bicyclic) bond motifs is 1. The number of rotatable bonds is 7. The molecule has 21 heavy (non-hydrogen) atoms. The van der Waals surface area contributed by atoms with Gasteiger partial charge in [-0.3, -0.25) is 0 Å². The molecular formula is C15H23F2N3O. The van der Waals surface area contributed by atoms with Gasteiger partial charge in [-0.25, -0.2) is 18.7 Å². The van der Waals surface area contributed by atoms with Crippen molar-refractivity contribution in [2.24, 2.45) is 0 Å². The fraction of sp³-hybridized carbons (Fsp3) is 0.733. The van der Waals surface area contributed by atoms with Crippen LogP contribution >= 0.6 is 0 Å². The lowest BCUT2D eigenvalue weighted by molar-refractivity contribution is 0.0182. The van der Waals surface area contributed by atoms with E-state index in [0.29, 0.717) is 18.3 Å². The molecule has 2 rings (SSSR count). The predicted octanol–water partition coefficient (Wildman–Crippen LogP) is 2.68. The van der Waals surface area contributed by atoms with Crippen LogP contribution in [-0.2, 0) is 17.6 Å². The van der Waals surface area contributed by atoms with Crippen molar-refractivity contribution in [3.8, 4) is 0 Å². The molecule has 0 amide bonds. The number of nitrogens with one attached hydrogen (secondary N) is 1. The second-order valence-electron chi connectivity index (χ2n) is 5.26. The van der Waals surface area contributed by atoms with Crippen molar-refractivity contribution in [2.45, 2.75) is 51.5 Å². The lowest BCUT2D eigenvalue weighted by atomic mass is 10.0. The van der Waals surface area contributed by atoms with Crippen LogP contribution in [0.25, 0.3) is 0 Å². The van der Waals surface area contributed by atoms with Crippen molar-refractivity contribution in [3.63, 3.8) is 0 Å². The normalized spacial score (nSPS) is 18.6. The summed E-state index contributed by atoms with van der Waals surface area (Å²) in [7, 11) is 0. The molecule has 0 aliphatic heterocycles. The number of hydrogen-bond donors (Lipinski definition) is 1. The Labute approximate surface area is 124 Å². The van der Waals surface area contributed by atoms with Crippen molar-refractivity contribution < 1.29 is 13.5 Å². The second kappa shape index (κ2) is 8.34. The van der Waals surface area contributed by atoms with Crippen LogP contribution in [0.5, 0.6) is 0 Å². The predicted molar refractivity (Wildman–Crippen MR) is 76.5 cm³/mol. The third-order valence-electron chi connectivity index (χ3n) is 3.65. The van der Waals surface area contributed by atoms with E-state index < -0.39 is 13.0 Å². The SMILES string of the molecule is CCNC1CCCCc2nc(CCOCC(F)F)ncc21. The number of hydrogen-bond acceptors (Lipinski definition) is 4. The third kappa shape index (κ3) is 4.97. The summed E-state index contributed by atoms with van der Waals surface area (Å²) in [5.41, 5.74) is 2.28. The molecule has 0 saturated heterocycles. The van der Waals surface area contributed by atoms with E-state index in [-0.39, 0.29) is 6.61 Å². The lowest BCUT2D eigenvalue weighted by Crippen LogP contribution is -2.22. The molecule has 1 aliphatic carbocycles. The molecule has 0 spiro atoms. The standard InChI is InChI=1S/C15H23F2N3O/c1-2-18-12-5-3-4-6-13-11(12)9-19-15(20-13)7-8-21-10-14(16)17/h9,12,14,18H,2-8,10H2,1H3. The molecule has 1 aromatic heterocycles. The molecule has 0 saturated carbocycles. The quantitative estimate of drug-likeness (QED) is 0.621. The van der Waals surface area contributed by atoms with Crippen LogP contribution in [0.1, 0.15) is 49.3 Å². The second-order valence-corrected chi connectivity index (χ2v) is 5.26. The van der Waals surface area contributed by atoms with Crippen molar-refractivity contribution in [3.05, 3.63) is 23.3 Å². The van der Waals surface area contributed by atoms with Gasteiger partial charge in [0.15, 0.2) is 0 Å². The maximum absolute atomic E-state index is 12.0. The minimum atomic E-state index is -2.42. The molecule has 0 bridgehead atoms. The molecule has 1 aliphatic rings. The smallest absolute Gasteiger partial charge is 0.261 e. The highest BCUT2D eigenvalue weighted by Crippen LogP contribution is 2.26. The zero-order chi connectivity index (χ0) is 15.1. The molecule has 1 atom stereocenters. The van der Waals surface area contributed by atoms with Crippen LogP contribution in [0.4, 0.5) is 8.78 Å². The van der Waals surface area contributed by atoms with E-state index in [1.165, 1.54) is 12.0 Å². The van der Waals surface area contributed by atoms with Gasteiger partial charge in [-0.15, -0.1) is 0 Å². The Morgan fingerprint density at radius 2 is 2.29 bits per heavy atom. The molecule has 118 valence electrons. The van der Waals surface area contributed by atoms with Crippen LogP contribution in [0.2, 0.25) is 0 Å². The highest BCUT2D eigenvalue weighted by Gasteiger charge is 2.19. The topological polar surface area (TPSA) is 47.0 Å². The van der Waals surface area contributed by atoms with Crippen molar-refractivity contribution in [2.75, 3.05) is 19.8 Å². The lowest BCUT2D eigenvalue weighted by Gasteiger charge is -2.17.